The molecule has 1 saturated heterocycles. The van der Waals surface area contributed by atoms with Crippen LogP contribution in [0, 0.1) is 11.8 Å². The topological polar surface area (TPSA) is 75.7 Å². The highest BCUT2D eigenvalue weighted by atomic mass is 32.2. The van der Waals surface area contributed by atoms with E-state index in [0.717, 1.165) is 18.4 Å². The fourth-order valence-corrected chi connectivity index (χ4v) is 5.85. The molecular weight excluding hydrogens is 376 g/mol. The largest absolute Gasteiger partial charge is 0.444 e. The molecule has 28 heavy (non-hydrogen) atoms. The number of sulfonamides is 1. The standard InChI is InChI=1S/C21H28N2O4S/c1-5-21(17-12-23(13-18(17)21)19(24)27-20(2,3)4)14-7-6-8-15(11-14)22-28(25,26)16-9-10-16/h5-8,11,16-18,22H,1,9-10,12-13H2,2-4H3/t17-,18+,21?. The lowest BCUT2D eigenvalue weighted by Crippen LogP contribution is -2.38. The van der Waals surface area contributed by atoms with Crippen molar-refractivity contribution in [1.82, 2.24) is 4.90 Å². The van der Waals surface area contributed by atoms with E-state index in [9.17, 15) is 13.2 Å². The maximum absolute atomic E-state index is 12.3. The zero-order chi connectivity index (χ0) is 20.3. The number of allylic oxidation sites excluding steroid dienone is 1. The Balaban J connectivity index is 1.49. The number of hydrogen-bond donors (Lipinski definition) is 1. The molecule has 6 nitrogen and oxygen atoms in total. The summed E-state index contributed by atoms with van der Waals surface area (Å²) >= 11 is 0. The molecule has 1 aliphatic heterocycles. The minimum absolute atomic E-state index is 0.209. The first kappa shape index (κ1) is 19.3. The van der Waals surface area contributed by atoms with Gasteiger partial charge >= 0.3 is 6.09 Å². The first-order chi connectivity index (χ1) is 13.1. The third-order valence-corrected chi connectivity index (χ3v) is 7.88. The normalized spacial score (nSPS) is 29.2. The summed E-state index contributed by atoms with van der Waals surface area (Å²) in [6.07, 6.45) is 3.15. The number of benzene rings is 1. The number of fused-ring (bicyclic) bond motifs is 1. The minimum Gasteiger partial charge on any atom is -0.444 e. The minimum atomic E-state index is -3.29. The van der Waals surface area contributed by atoms with E-state index in [-0.39, 0.29) is 28.6 Å². The lowest BCUT2D eigenvalue weighted by molar-refractivity contribution is 0.0265. The van der Waals surface area contributed by atoms with Crippen molar-refractivity contribution in [2.24, 2.45) is 11.8 Å². The van der Waals surface area contributed by atoms with Crippen LogP contribution in [0.15, 0.2) is 36.9 Å². The molecule has 1 unspecified atom stereocenters. The molecule has 0 bridgehead atoms. The van der Waals surface area contributed by atoms with Crippen molar-refractivity contribution in [2.45, 2.75) is 49.9 Å². The number of carbonyl (C=O) groups excluding carboxylic acids is 1. The Labute approximate surface area is 167 Å². The Bertz CT molecular complexity index is 903. The van der Waals surface area contributed by atoms with E-state index in [1.54, 1.807) is 11.0 Å². The van der Waals surface area contributed by atoms with E-state index in [1.807, 2.05) is 45.0 Å². The van der Waals surface area contributed by atoms with Gasteiger partial charge in [0.25, 0.3) is 0 Å². The van der Waals surface area contributed by atoms with Gasteiger partial charge in [-0.3, -0.25) is 4.72 Å². The van der Waals surface area contributed by atoms with Gasteiger partial charge < -0.3 is 9.64 Å². The number of carbonyl (C=O) groups is 1. The summed E-state index contributed by atoms with van der Waals surface area (Å²) in [6, 6.07) is 7.60. The average molecular weight is 405 g/mol. The highest BCUT2D eigenvalue weighted by Gasteiger charge is 2.68. The quantitative estimate of drug-likeness (QED) is 0.762. The van der Waals surface area contributed by atoms with Gasteiger partial charge in [-0.2, -0.15) is 0 Å². The molecule has 7 heteroatoms. The van der Waals surface area contributed by atoms with Crippen molar-refractivity contribution < 1.29 is 17.9 Å². The smallest absolute Gasteiger partial charge is 0.410 e. The zero-order valence-corrected chi connectivity index (χ0v) is 17.5. The molecule has 4 rings (SSSR count). The van der Waals surface area contributed by atoms with Gasteiger partial charge in [-0.15, -0.1) is 6.58 Å². The van der Waals surface area contributed by atoms with Gasteiger partial charge in [0.05, 0.1) is 5.25 Å². The molecule has 1 N–H and O–H groups in total. The monoisotopic (exact) mass is 404 g/mol. The van der Waals surface area contributed by atoms with Crippen LogP contribution in [0.4, 0.5) is 10.5 Å². The van der Waals surface area contributed by atoms with Crippen LogP contribution in [0.2, 0.25) is 0 Å². The Morgan fingerprint density at radius 1 is 1.29 bits per heavy atom. The van der Waals surface area contributed by atoms with Crippen molar-refractivity contribution in [3.8, 4) is 0 Å². The van der Waals surface area contributed by atoms with Crippen LogP contribution in [0.1, 0.15) is 39.2 Å². The molecule has 1 aromatic carbocycles. The molecule has 0 radical (unpaired) electrons. The molecule has 1 aromatic rings. The summed E-state index contributed by atoms with van der Waals surface area (Å²) in [6.45, 7) is 10.9. The lowest BCUT2D eigenvalue weighted by atomic mass is 9.90. The van der Waals surface area contributed by atoms with Gasteiger partial charge in [-0.1, -0.05) is 18.2 Å². The van der Waals surface area contributed by atoms with Crippen molar-refractivity contribution in [1.29, 1.82) is 0 Å². The number of piperidine rings is 1. The Kier molecular flexibility index (Phi) is 4.30. The molecule has 0 spiro atoms. The molecule has 152 valence electrons. The third kappa shape index (κ3) is 3.30. The van der Waals surface area contributed by atoms with Gasteiger partial charge in [0.1, 0.15) is 5.60 Å². The van der Waals surface area contributed by atoms with Crippen LogP contribution >= 0.6 is 0 Å². The average Bonchev–Trinajstić information content (AvgIpc) is 3.49. The lowest BCUT2D eigenvalue weighted by Gasteiger charge is -2.28. The highest BCUT2D eigenvalue weighted by molar-refractivity contribution is 7.93. The molecule has 3 atom stereocenters. The zero-order valence-electron chi connectivity index (χ0n) is 16.6. The van der Waals surface area contributed by atoms with E-state index < -0.39 is 15.6 Å². The van der Waals surface area contributed by atoms with Crippen LogP contribution in [0.5, 0.6) is 0 Å². The molecule has 3 aliphatic rings. The fourth-order valence-electron chi connectivity index (χ4n) is 4.47. The molecule has 0 aromatic heterocycles. The number of nitrogens with one attached hydrogen (secondary N) is 1. The van der Waals surface area contributed by atoms with Crippen molar-refractivity contribution >= 4 is 21.8 Å². The number of amides is 1. The predicted octanol–water partition coefficient (Wildman–Crippen LogP) is 3.51. The van der Waals surface area contributed by atoms with Gasteiger partial charge in [-0.25, -0.2) is 13.2 Å². The van der Waals surface area contributed by atoms with E-state index in [1.165, 1.54) is 0 Å². The van der Waals surface area contributed by atoms with Crippen molar-refractivity contribution in [3.05, 3.63) is 42.5 Å². The Morgan fingerprint density at radius 2 is 1.93 bits per heavy atom. The van der Waals surface area contributed by atoms with Crippen molar-refractivity contribution in [2.75, 3.05) is 17.8 Å². The first-order valence-electron chi connectivity index (χ1n) is 9.80. The fraction of sp³-hybridized carbons (Fsp3) is 0.571. The number of rotatable bonds is 5. The van der Waals surface area contributed by atoms with Gasteiger partial charge in [0.2, 0.25) is 10.0 Å². The van der Waals surface area contributed by atoms with Crippen LogP contribution < -0.4 is 4.72 Å². The second-order valence-corrected chi connectivity index (χ2v) is 11.1. The molecule has 3 fully saturated rings. The van der Waals surface area contributed by atoms with E-state index in [2.05, 4.69) is 11.3 Å². The van der Waals surface area contributed by atoms with Crippen LogP contribution in [0.25, 0.3) is 0 Å². The number of hydrogen-bond acceptors (Lipinski definition) is 4. The number of anilines is 1. The van der Waals surface area contributed by atoms with E-state index >= 15 is 0 Å². The molecule has 2 aliphatic carbocycles. The number of nitrogens with zero attached hydrogens (tertiary/aromatic N) is 1. The summed E-state index contributed by atoms with van der Waals surface area (Å²) in [7, 11) is -3.29. The van der Waals surface area contributed by atoms with E-state index in [4.69, 9.17) is 4.74 Å². The van der Waals surface area contributed by atoms with E-state index in [0.29, 0.717) is 18.8 Å². The van der Waals surface area contributed by atoms with Crippen molar-refractivity contribution in [3.63, 3.8) is 0 Å². The number of likely N-dealkylation sites (tertiary alicyclic amines) is 1. The molecule has 1 amide bonds. The third-order valence-electron chi connectivity index (χ3n) is 6.01. The second-order valence-electron chi connectivity index (χ2n) is 9.16. The maximum atomic E-state index is 12.3. The highest BCUT2D eigenvalue weighted by Crippen LogP contribution is 2.64. The van der Waals surface area contributed by atoms with Gasteiger partial charge in [0, 0.05) is 24.2 Å². The predicted molar refractivity (Wildman–Crippen MR) is 109 cm³/mol. The molecular formula is C21H28N2O4S. The van der Waals surface area contributed by atoms with Crippen LogP contribution in [-0.2, 0) is 20.2 Å². The molecule has 1 heterocycles. The summed E-state index contributed by atoms with van der Waals surface area (Å²) in [5.41, 5.74) is 0.934. The second kappa shape index (κ2) is 6.24. The van der Waals surface area contributed by atoms with Gasteiger partial charge in [-0.05, 0) is 63.1 Å². The summed E-state index contributed by atoms with van der Waals surface area (Å²) in [4.78, 5) is 14.1. The first-order valence-corrected chi connectivity index (χ1v) is 11.3. The number of ether oxygens (including phenoxy) is 1. The SMILES string of the molecule is C=CC1(c2cccc(NS(=O)(=O)C3CC3)c2)[C@@H]2CN(C(=O)OC(C)(C)C)C[C@@H]21. The Morgan fingerprint density at radius 3 is 2.46 bits per heavy atom. The Hall–Kier alpha value is -2.02. The van der Waals surface area contributed by atoms with Crippen LogP contribution in [0.3, 0.4) is 0 Å². The summed E-state index contributed by atoms with van der Waals surface area (Å²) < 4.78 is 32.7. The summed E-state index contributed by atoms with van der Waals surface area (Å²) in [5, 5.41) is -0.257. The molecule has 2 saturated carbocycles. The summed E-state index contributed by atoms with van der Waals surface area (Å²) in [5.74, 6) is 0.570. The van der Waals surface area contributed by atoms with Gasteiger partial charge in [0.15, 0.2) is 0 Å². The van der Waals surface area contributed by atoms with Crippen LogP contribution in [-0.4, -0.2) is 43.4 Å². The maximum Gasteiger partial charge on any atom is 0.410 e.